The topological polar surface area (TPSA) is 69.6 Å². The summed E-state index contributed by atoms with van der Waals surface area (Å²) in [5, 5.41) is 5.29. The van der Waals surface area contributed by atoms with Crippen LogP contribution in [-0.2, 0) is 6.42 Å². The summed E-state index contributed by atoms with van der Waals surface area (Å²) in [6, 6.07) is 0.247. The van der Waals surface area contributed by atoms with Gasteiger partial charge in [-0.25, -0.2) is 14.6 Å². The molecule has 0 radical (unpaired) electrons. The van der Waals surface area contributed by atoms with E-state index in [0.717, 1.165) is 21.4 Å². The minimum Gasteiger partial charge on any atom is -0.323 e. The van der Waals surface area contributed by atoms with Crippen LogP contribution in [0.5, 0.6) is 0 Å². The fourth-order valence-electron chi connectivity index (χ4n) is 2.03. The van der Waals surface area contributed by atoms with Gasteiger partial charge in [0.05, 0.1) is 10.7 Å². The van der Waals surface area contributed by atoms with Crippen molar-refractivity contribution in [2.45, 2.75) is 46.2 Å². The van der Waals surface area contributed by atoms with Gasteiger partial charge in [-0.15, -0.1) is 11.3 Å². The van der Waals surface area contributed by atoms with Gasteiger partial charge in [-0.3, -0.25) is 0 Å². The molecule has 0 aliphatic rings. The Kier molecular flexibility index (Phi) is 3.77. The molecule has 1 atom stereocenters. The van der Waals surface area contributed by atoms with Gasteiger partial charge in [0, 0.05) is 23.4 Å². The monoisotopic (exact) mass is 265 g/mol. The molecule has 0 spiro atoms. The Hall–Kier alpha value is -1.27. The molecule has 0 saturated heterocycles. The van der Waals surface area contributed by atoms with Crippen LogP contribution in [0.2, 0.25) is 0 Å². The van der Waals surface area contributed by atoms with Crippen LogP contribution in [0.25, 0.3) is 0 Å². The minimum absolute atomic E-state index is 0.0575. The molecular formula is C12H19N5S. The highest BCUT2D eigenvalue weighted by Crippen LogP contribution is 2.25. The molecule has 2 aromatic rings. The van der Waals surface area contributed by atoms with Crippen molar-refractivity contribution < 1.29 is 0 Å². The van der Waals surface area contributed by atoms with Gasteiger partial charge in [0.15, 0.2) is 0 Å². The first-order valence-electron chi connectivity index (χ1n) is 6.07. The third-order valence-electron chi connectivity index (χ3n) is 2.82. The normalized spacial score (nSPS) is 13.2. The minimum atomic E-state index is -0.0575. The lowest BCUT2D eigenvalue weighted by atomic mass is 10.1. The largest absolute Gasteiger partial charge is 0.323 e. The summed E-state index contributed by atoms with van der Waals surface area (Å²) in [7, 11) is 0. The van der Waals surface area contributed by atoms with Crippen LogP contribution in [-0.4, -0.2) is 19.7 Å². The Morgan fingerprint density at radius 3 is 2.67 bits per heavy atom. The van der Waals surface area contributed by atoms with Crippen molar-refractivity contribution in [2.24, 2.45) is 5.73 Å². The first-order chi connectivity index (χ1) is 8.49. The molecule has 0 bridgehead atoms. The van der Waals surface area contributed by atoms with Gasteiger partial charge >= 0.3 is 0 Å². The fourth-order valence-corrected chi connectivity index (χ4v) is 2.96. The van der Waals surface area contributed by atoms with Crippen LogP contribution in [0, 0.1) is 13.8 Å². The predicted octanol–water partition coefficient (Wildman–Crippen LogP) is 2.17. The highest BCUT2D eigenvalue weighted by molar-refractivity contribution is 7.11. The van der Waals surface area contributed by atoms with Crippen molar-refractivity contribution in [3.63, 3.8) is 0 Å². The molecule has 0 fully saturated rings. The van der Waals surface area contributed by atoms with Gasteiger partial charge in [0.25, 0.3) is 0 Å². The Morgan fingerprint density at radius 1 is 1.39 bits per heavy atom. The van der Waals surface area contributed by atoms with Gasteiger partial charge in [0.2, 0.25) is 0 Å². The second-order valence-corrected chi connectivity index (χ2v) is 5.94. The lowest BCUT2D eigenvalue weighted by Crippen LogP contribution is -2.17. The van der Waals surface area contributed by atoms with E-state index in [1.807, 2.05) is 18.5 Å². The maximum absolute atomic E-state index is 6.26. The molecule has 2 aromatic heterocycles. The van der Waals surface area contributed by atoms with E-state index in [0.29, 0.717) is 12.5 Å². The predicted molar refractivity (Wildman–Crippen MR) is 72.6 cm³/mol. The summed E-state index contributed by atoms with van der Waals surface area (Å²) in [6.45, 7) is 8.19. The van der Waals surface area contributed by atoms with E-state index >= 15 is 0 Å². The maximum Gasteiger partial charge on any atom is 0.138 e. The van der Waals surface area contributed by atoms with E-state index in [2.05, 4.69) is 28.9 Å². The van der Waals surface area contributed by atoms with Gasteiger partial charge in [-0.05, 0) is 27.7 Å². The SMILES string of the molecule is Cc1nc(C)c(C(N)Cc2ncnn2C(C)C)s1. The number of aromatic nitrogens is 4. The molecule has 1 unspecified atom stereocenters. The summed E-state index contributed by atoms with van der Waals surface area (Å²) in [6.07, 6.45) is 2.29. The van der Waals surface area contributed by atoms with Crippen molar-refractivity contribution in [2.75, 3.05) is 0 Å². The van der Waals surface area contributed by atoms with Crippen molar-refractivity contribution in [1.29, 1.82) is 0 Å². The molecule has 2 heterocycles. The summed E-state index contributed by atoms with van der Waals surface area (Å²) in [5.41, 5.74) is 7.29. The summed E-state index contributed by atoms with van der Waals surface area (Å²) >= 11 is 1.67. The van der Waals surface area contributed by atoms with E-state index in [-0.39, 0.29) is 6.04 Å². The number of aryl methyl sites for hydroxylation is 2. The number of thiazole rings is 1. The molecule has 0 aromatic carbocycles. The van der Waals surface area contributed by atoms with Gasteiger partial charge in [-0.1, -0.05) is 0 Å². The number of hydrogen-bond donors (Lipinski definition) is 1. The third kappa shape index (κ3) is 2.59. The lowest BCUT2D eigenvalue weighted by Gasteiger charge is -2.13. The zero-order valence-electron chi connectivity index (χ0n) is 11.2. The molecule has 5 nitrogen and oxygen atoms in total. The number of hydrogen-bond acceptors (Lipinski definition) is 5. The molecule has 0 amide bonds. The Balaban J connectivity index is 2.18. The molecule has 2 rings (SSSR count). The van der Waals surface area contributed by atoms with E-state index in [1.165, 1.54) is 0 Å². The van der Waals surface area contributed by atoms with Gasteiger partial charge in [-0.2, -0.15) is 5.10 Å². The average molecular weight is 265 g/mol. The maximum atomic E-state index is 6.26. The van der Waals surface area contributed by atoms with Crippen molar-refractivity contribution >= 4 is 11.3 Å². The van der Waals surface area contributed by atoms with Crippen LogP contribution >= 0.6 is 11.3 Å². The molecule has 2 N–H and O–H groups in total. The molecule has 0 saturated carbocycles. The molecular weight excluding hydrogens is 246 g/mol. The van der Waals surface area contributed by atoms with Crippen molar-refractivity contribution in [3.05, 3.63) is 27.7 Å². The molecule has 6 heteroatoms. The Morgan fingerprint density at radius 2 is 2.11 bits per heavy atom. The van der Waals surface area contributed by atoms with Crippen LogP contribution in [0.4, 0.5) is 0 Å². The lowest BCUT2D eigenvalue weighted by molar-refractivity contribution is 0.494. The van der Waals surface area contributed by atoms with Crippen LogP contribution in [0.3, 0.4) is 0 Å². The zero-order chi connectivity index (χ0) is 13.3. The second kappa shape index (κ2) is 5.16. The number of nitrogens with two attached hydrogens (primary N) is 1. The van der Waals surface area contributed by atoms with Crippen LogP contribution < -0.4 is 5.73 Å². The molecule has 18 heavy (non-hydrogen) atoms. The first-order valence-corrected chi connectivity index (χ1v) is 6.88. The van der Waals surface area contributed by atoms with Gasteiger partial charge in [0.1, 0.15) is 12.2 Å². The Labute approximate surface area is 111 Å². The summed E-state index contributed by atoms with van der Waals surface area (Å²) in [5.74, 6) is 0.933. The van der Waals surface area contributed by atoms with E-state index in [4.69, 9.17) is 5.73 Å². The van der Waals surface area contributed by atoms with E-state index in [1.54, 1.807) is 17.7 Å². The average Bonchev–Trinajstić information content (AvgIpc) is 2.85. The summed E-state index contributed by atoms with van der Waals surface area (Å²) in [4.78, 5) is 9.85. The standard InChI is InChI=1S/C12H19N5S/c1-7(2)17-11(14-6-15-17)5-10(13)12-8(3)16-9(4)18-12/h6-7,10H,5,13H2,1-4H3. The molecule has 98 valence electrons. The van der Waals surface area contributed by atoms with E-state index < -0.39 is 0 Å². The van der Waals surface area contributed by atoms with Crippen LogP contribution in [0.1, 0.15) is 47.3 Å². The first kappa shape index (κ1) is 13.2. The molecule has 0 aliphatic carbocycles. The second-order valence-electron chi connectivity index (χ2n) is 4.71. The van der Waals surface area contributed by atoms with E-state index in [9.17, 15) is 0 Å². The summed E-state index contributed by atoms with van der Waals surface area (Å²) < 4.78 is 1.92. The highest BCUT2D eigenvalue weighted by Gasteiger charge is 2.17. The quantitative estimate of drug-likeness (QED) is 0.920. The van der Waals surface area contributed by atoms with Crippen molar-refractivity contribution in [1.82, 2.24) is 19.7 Å². The number of nitrogens with zero attached hydrogens (tertiary/aromatic N) is 4. The third-order valence-corrected chi connectivity index (χ3v) is 4.02. The Bertz CT molecular complexity index is 528. The van der Waals surface area contributed by atoms with Crippen LogP contribution in [0.15, 0.2) is 6.33 Å². The smallest absolute Gasteiger partial charge is 0.138 e. The van der Waals surface area contributed by atoms with Gasteiger partial charge < -0.3 is 5.73 Å². The highest BCUT2D eigenvalue weighted by atomic mass is 32.1. The van der Waals surface area contributed by atoms with Crippen molar-refractivity contribution in [3.8, 4) is 0 Å². The fraction of sp³-hybridized carbons (Fsp3) is 0.583. The zero-order valence-corrected chi connectivity index (χ0v) is 12.0. The number of rotatable bonds is 4. The molecule has 0 aliphatic heterocycles.